The summed E-state index contributed by atoms with van der Waals surface area (Å²) in [5, 5.41) is 3.27. The SMILES string of the molecule is CCC(C)(C)C1CCc2c(sc(NC(=O)CCl)c2C(N)=O)C1. The van der Waals surface area contributed by atoms with Crippen LogP contribution in [0, 0.1) is 11.3 Å². The first-order chi connectivity index (χ1) is 10.3. The average Bonchev–Trinajstić information content (AvgIpc) is 2.83. The first-order valence-corrected chi connectivity index (χ1v) is 8.95. The molecule has 1 aromatic heterocycles. The van der Waals surface area contributed by atoms with Crippen molar-refractivity contribution in [3.05, 3.63) is 16.0 Å². The summed E-state index contributed by atoms with van der Waals surface area (Å²) in [5.41, 5.74) is 7.30. The summed E-state index contributed by atoms with van der Waals surface area (Å²) in [6.07, 6.45) is 3.96. The summed E-state index contributed by atoms with van der Waals surface area (Å²) in [7, 11) is 0. The zero-order valence-electron chi connectivity index (χ0n) is 13.3. The van der Waals surface area contributed by atoms with Gasteiger partial charge >= 0.3 is 0 Å². The van der Waals surface area contributed by atoms with Crippen LogP contribution in [0.2, 0.25) is 0 Å². The largest absolute Gasteiger partial charge is 0.365 e. The Morgan fingerprint density at radius 1 is 1.45 bits per heavy atom. The Hall–Kier alpha value is -1.07. The number of nitrogens with one attached hydrogen (secondary N) is 1. The van der Waals surface area contributed by atoms with Crippen molar-refractivity contribution in [2.45, 2.75) is 46.5 Å². The molecule has 22 heavy (non-hydrogen) atoms. The predicted molar refractivity (Wildman–Crippen MR) is 91.8 cm³/mol. The van der Waals surface area contributed by atoms with E-state index in [2.05, 4.69) is 26.1 Å². The van der Waals surface area contributed by atoms with Crippen molar-refractivity contribution in [1.82, 2.24) is 0 Å². The smallest absolute Gasteiger partial charge is 0.251 e. The molecule has 1 aromatic rings. The topological polar surface area (TPSA) is 72.2 Å². The van der Waals surface area contributed by atoms with Gasteiger partial charge < -0.3 is 11.1 Å². The van der Waals surface area contributed by atoms with Gasteiger partial charge in [-0.2, -0.15) is 0 Å². The van der Waals surface area contributed by atoms with Crippen LogP contribution in [-0.2, 0) is 17.6 Å². The molecule has 122 valence electrons. The van der Waals surface area contributed by atoms with E-state index in [1.54, 1.807) is 0 Å². The molecule has 0 saturated heterocycles. The standard InChI is InChI=1S/C16H23ClN2O2S/c1-4-16(2,3)9-5-6-10-11(7-9)22-15(13(10)14(18)21)19-12(20)8-17/h9H,4-8H2,1-3H3,(H2,18,21)(H,19,20). The van der Waals surface area contributed by atoms with Crippen LogP contribution < -0.4 is 11.1 Å². The Morgan fingerprint density at radius 3 is 2.68 bits per heavy atom. The second kappa shape index (κ2) is 6.59. The van der Waals surface area contributed by atoms with Crippen LogP contribution in [0.1, 0.15) is 54.4 Å². The molecule has 0 spiro atoms. The van der Waals surface area contributed by atoms with Crippen LogP contribution in [0.25, 0.3) is 0 Å². The van der Waals surface area contributed by atoms with Gasteiger partial charge in [-0.15, -0.1) is 22.9 Å². The first kappa shape index (κ1) is 17.3. The Labute approximate surface area is 140 Å². The van der Waals surface area contributed by atoms with E-state index >= 15 is 0 Å². The lowest BCUT2D eigenvalue weighted by Gasteiger charge is -2.36. The third kappa shape index (κ3) is 3.30. The van der Waals surface area contributed by atoms with Crippen molar-refractivity contribution in [3.8, 4) is 0 Å². The molecule has 1 atom stereocenters. The molecule has 1 aliphatic carbocycles. The van der Waals surface area contributed by atoms with Gasteiger partial charge in [0.2, 0.25) is 5.91 Å². The highest BCUT2D eigenvalue weighted by atomic mass is 35.5. The summed E-state index contributed by atoms with van der Waals surface area (Å²) in [5.74, 6) is -0.337. The lowest BCUT2D eigenvalue weighted by Crippen LogP contribution is -2.29. The molecule has 0 aliphatic heterocycles. The van der Waals surface area contributed by atoms with Crippen LogP contribution >= 0.6 is 22.9 Å². The molecule has 0 radical (unpaired) electrons. The monoisotopic (exact) mass is 342 g/mol. The molecule has 4 nitrogen and oxygen atoms in total. The van der Waals surface area contributed by atoms with Gasteiger partial charge in [0.1, 0.15) is 10.9 Å². The number of rotatable bonds is 5. The van der Waals surface area contributed by atoms with Crippen LogP contribution in [0.5, 0.6) is 0 Å². The molecule has 1 unspecified atom stereocenters. The van der Waals surface area contributed by atoms with Gasteiger partial charge in [0.15, 0.2) is 0 Å². The fraction of sp³-hybridized carbons (Fsp3) is 0.625. The number of anilines is 1. The Bertz CT molecular complexity index is 595. The van der Waals surface area contributed by atoms with Crippen LogP contribution in [0.4, 0.5) is 5.00 Å². The number of primary amides is 1. The van der Waals surface area contributed by atoms with E-state index in [0.29, 0.717) is 16.5 Å². The maximum absolute atomic E-state index is 11.8. The number of hydrogen-bond donors (Lipinski definition) is 2. The molecule has 6 heteroatoms. The fourth-order valence-electron chi connectivity index (χ4n) is 3.05. The lowest BCUT2D eigenvalue weighted by molar-refractivity contribution is -0.113. The highest BCUT2D eigenvalue weighted by Crippen LogP contribution is 2.45. The van der Waals surface area contributed by atoms with Gasteiger partial charge in [0, 0.05) is 4.88 Å². The highest BCUT2D eigenvalue weighted by molar-refractivity contribution is 7.17. The summed E-state index contributed by atoms with van der Waals surface area (Å²) >= 11 is 7.01. The Morgan fingerprint density at radius 2 is 2.14 bits per heavy atom. The number of halogens is 1. The number of alkyl halides is 1. The van der Waals surface area contributed by atoms with Gasteiger partial charge in [0.25, 0.3) is 5.91 Å². The van der Waals surface area contributed by atoms with Crippen LogP contribution in [0.3, 0.4) is 0 Å². The summed E-state index contributed by atoms with van der Waals surface area (Å²) in [6.45, 7) is 6.80. The maximum Gasteiger partial charge on any atom is 0.251 e. The molecule has 0 fully saturated rings. The number of nitrogens with two attached hydrogens (primary N) is 1. The van der Waals surface area contributed by atoms with Crippen molar-refractivity contribution in [1.29, 1.82) is 0 Å². The summed E-state index contributed by atoms with van der Waals surface area (Å²) in [4.78, 5) is 24.5. The van der Waals surface area contributed by atoms with Gasteiger partial charge in [-0.3, -0.25) is 9.59 Å². The lowest BCUT2D eigenvalue weighted by atomic mass is 9.69. The Kier molecular flexibility index (Phi) is 5.17. The number of amides is 2. The second-order valence-electron chi connectivity index (χ2n) is 6.54. The third-order valence-electron chi connectivity index (χ3n) is 4.90. The van der Waals surface area contributed by atoms with E-state index in [-0.39, 0.29) is 17.2 Å². The molecule has 0 bridgehead atoms. The molecule has 1 aliphatic rings. The first-order valence-electron chi connectivity index (χ1n) is 7.60. The van der Waals surface area contributed by atoms with Crippen molar-refractivity contribution < 1.29 is 9.59 Å². The number of carbonyl (C=O) groups is 2. The van der Waals surface area contributed by atoms with E-state index in [9.17, 15) is 9.59 Å². The molecule has 0 saturated carbocycles. The normalized spacial score (nSPS) is 17.9. The fourth-order valence-corrected chi connectivity index (χ4v) is 4.47. The molecular formula is C16H23ClN2O2S. The van der Waals surface area contributed by atoms with Crippen LogP contribution in [0.15, 0.2) is 0 Å². The van der Waals surface area contributed by atoms with E-state index in [4.69, 9.17) is 17.3 Å². The van der Waals surface area contributed by atoms with Crippen molar-refractivity contribution in [2.75, 3.05) is 11.2 Å². The van der Waals surface area contributed by atoms with Crippen molar-refractivity contribution >= 4 is 39.8 Å². The predicted octanol–water partition coefficient (Wildman–Crippen LogP) is 3.57. The molecule has 0 aromatic carbocycles. The van der Waals surface area contributed by atoms with Crippen LogP contribution in [-0.4, -0.2) is 17.7 Å². The average molecular weight is 343 g/mol. The molecule has 2 amide bonds. The summed E-state index contributed by atoms with van der Waals surface area (Å²) < 4.78 is 0. The zero-order valence-corrected chi connectivity index (χ0v) is 14.9. The maximum atomic E-state index is 11.8. The van der Waals surface area contributed by atoms with Crippen molar-refractivity contribution in [2.24, 2.45) is 17.1 Å². The molecule has 2 rings (SSSR count). The van der Waals surface area contributed by atoms with Gasteiger partial charge in [-0.25, -0.2) is 0 Å². The number of fused-ring (bicyclic) bond motifs is 1. The van der Waals surface area contributed by atoms with Gasteiger partial charge in [0.05, 0.1) is 5.56 Å². The summed E-state index contributed by atoms with van der Waals surface area (Å²) in [6, 6.07) is 0. The van der Waals surface area contributed by atoms with Gasteiger partial charge in [-0.1, -0.05) is 27.2 Å². The Balaban J connectivity index is 2.35. The van der Waals surface area contributed by atoms with E-state index in [0.717, 1.165) is 31.2 Å². The molecule has 3 N–H and O–H groups in total. The van der Waals surface area contributed by atoms with E-state index in [1.165, 1.54) is 16.2 Å². The molecule has 1 heterocycles. The van der Waals surface area contributed by atoms with E-state index in [1.807, 2.05) is 0 Å². The minimum atomic E-state index is -0.476. The van der Waals surface area contributed by atoms with Crippen molar-refractivity contribution in [3.63, 3.8) is 0 Å². The quantitative estimate of drug-likeness (QED) is 0.803. The zero-order chi connectivity index (χ0) is 16.5. The van der Waals surface area contributed by atoms with E-state index < -0.39 is 5.91 Å². The minimum absolute atomic E-state index is 0.133. The highest BCUT2D eigenvalue weighted by Gasteiger charge is 2.34. The third-order valence-corrected chi connectivity index (χ3v) is 6.31. The van der Waals surface area contributed by atoms with Gasteiger partial charge in [-0.05, 0) is 36.2 Å². The minimum Gasteiger partial charge on any atom is -0.365 e. The number of thiophene rings is 1. The number of hydrogen-bond acceptors (Lipinski definition) is 3. The molecular weight excluding hydrogens is 320 g/mol. The second-order valence-corrected chi connectivity index (χ2v) is 7.91. The number of carbonyl (C=O) groups excluding carboxylic acids is 2.